The van der Waals surface area contributed by atoms with Gasteiger partial charge in [-0.25, -0.2) is 4.79 Å². The molecule has 1 fully saturated rings. The number of hydrogen-bond donors (Lipinski definition) is 5. The van der Waals surface area contributed by atoms with Gasteiger partial charge in [0.1, 0.15) is 11.9 Å². The highest BCUT2D eigenvalue weighted by Crippen LogP contribution is 2.42. The molecule has 10 heteroatoms. The van der Waals surface area contributed by atoms with Gasteiger partial charge in [-0.1, -0.05) is 115 Å². The number of phenols is 1. The molecule has 300 valence electrons. The average Bonchev–Trinajstić information content (AvgIpc) is 3.26. The Kier molecular flexibility index (Phi) is 13.8. The largest absolute Gasteiger partial charge is 0.508 e. The highest BCUT2D eigenvalue weighted by Gasteiger charge is 2.24. The number of nitrogens with zero attached hydrogens (tertiary/aromatic N) is 1. The van der Waals surface area contributed by atoms with Crippen LogP contribution in [0.25, 0.3) is 33.4 Å². The summed E-state index contributed by atoms with van der Waals surface area (Å²) in [5.74, 6) is -0.0358. The SMILES string of the molecule is O=C(CCNCc1ccc(O)cc1)Nc1cccc(NC(=O)CCN2CCC(OC(=O)Nc3cccc(-c4ccccc4)c3-c3ccccc3-c3ccccc3)CC2)c1. The standard InChI is InChI=1S/C49H49N5O5/c55-40-23-21-35(22-24-40)34-50-29-25-46(56)51-38-15-9-16-39(33-38)52-47(57)28-32-54-30-26-41(27-31-54)59-49(58)53-45-20-10-19-43(37-13-5-2-6-14-37)48(45)44-18-8-7-17-42(44)36-11-3-1-4-12-36/h1-24,33,41,50,55H,25-32,34H2,(H,51,56)(H,52,57)(H,53,58). The molecule has 59 heavy (non-hydrogen) atoms. The zero-order chi connectivity index (χ0) is 40.8. The fraction of sp³-hybridized carbons (Fsp3) is 0.204. The first-order valence-electron chi connectivity index (χ1n) is 20.1. The number of phenolic OH excluding ortho intramolecular Hbond substituents is 1. The van der Waals surface area contributed by atoms with Crippen LogP contribution in [0.15, 0.2) is 152 Å². The third-order valence-electron chi connectivity index (χ3n) is 10.4. The van der Waals surface area contributed by atoms with Gasteiger partial charge in [0, 0.05) is 62.5 Å². The average molecular weight is 788 g/mol. The number of carbonyl (C=O) groups is 3. The van der Waals surface area contributed by atoms with Gasteiger partial charge in [0.15, 0.2) is 0 Å². The third-order valence-corrected chi connectivity index (χ3v) is 10.4. The van der Waals surface area contributed by atoms with Crippen molar-refractivity contribution in [1.29, 1.82) is 0 Å². The third kappa shape index (κ3) is 11.4. The molecule has 6 aromatic carbocycles. The molecule has 5 N–H and O–H groups in total. The molecule has 7 rings (SSSR count). The van der Waals surface area contributed by atoms with Gasteiger partial charge in [-0.3, -0.25) is 14.9 Å². The summed E-state index contributed by atoms with van der Waals surface area (Å²) in [6.07, 6.45) is 1.18. The Morgan fingerprint density at radius 1 is 0.610 bits per heavy atom. The zero-order valence-electron chi connectivity index (χ0n) is 32.9. The van der Waals surface area contributed by atoms with Crippen LogP contribution >= 0.6 is 0 Å². The van der Waals surface area contributed by atoms with Crippen LogP contribution in [0, 0.1) is 0 Å². The van der Waals surface area contributed by atoms with E-state index in [1.165, 1.54) is 0 Å². The molecule has 1 aliphatic heterocycles. The number of rotatable bonds is 15. The van der Waals surface area contributed by atoms with Crippen molar-refractivity contribution in [2.45, 2.75) is 38.3 Å². The Morgan fingerprint density at radius 2 is 1.19 bits per heavy atom. The van der Waals surface area contributed by atoms with Crippen LogP contribution in [-0.4, -0.2) is 60.2 Å². The number of piperidine rings is 1. The molecule has 3 amide bonds. The predicted octanol–water partition coefficient (Wildman–Crippen LogP) is 9.55. The van der Waals surface area contributed by atoms with Gasteiger partial charge >= 0.3 is 6.09 Å². The lowest BCUT2D eigenvalue weighted by Gasteiger charge is -2.31. The van der Waals surface area contributed by atoms with Crippen molar-refractivity contribution in [3.63, 3.8) is 0 Å². The van der Waals surface area contributed by atoms with Crippen LogP contribution in [-0.2, 0) is 20.9 Å². The molecule has 0 aliphatic carbocycles. The van der Waals surface area contributed by atoms with Gasteiger partial charge in [0.05, 0.1) is 5.69 Å². The first-order valence-corrected chi connectivity index (χ1v) is 20.1. The number of amides is 3. The summed E-state index contributed by atoms with van der Waals surface area (Å²) < 4.78 is 5.99. The Balaban J connectivity index is 0.880. The lowest BCUT2D eigenvalue weighted by Crippen LogP contribution is -2.39. The van der Waals surface area contributed by atoms with Crippen molar-refractivity contribution < 1.29 is 24.2 Å². The Labute approximate surface area is 345 Å². The van der Waals surface area contributed by atoms with Crippen molar-refractivity contribution in [2.24, 2.45) is 0 Å². The summed E-state index contributed by atoms with van der Waals surface area (Å²) in [4.78, 5) is 41.1. The predicted molar refractivity (Wildman–Crippen MR) is 235 cm³/mol. The van der Waals surface area contributed by atoms with E-state index in [1.54, 1.807) is 36.4 Å². The number of hydrogen-bond acceptors (Lipinski definition) is 7. The van der Waals surface area contributed by atoms with E-state index >= 15 is 0 Å². The van der Waals surface area contributed by atoms with E-state index in [2.05, 4.69) is 68.6 Å². The normalized spacial score (nSPS) is 13.0. The van der Waals surface area contributed by atoms with Gasteiger partial charge in [0.2, 0.25) is 11.8 Å². The minimum atomic E-state index is -0.493. The Morgan fingerprint density at radius 3 is 1.86 bits per heavy atom. The van der Waals surface area contributed by atoms with Crippen LogP contribution < -0.4 is 21.3 Å². The maximum absolute atomic E-state index is 13.5. The summed E-state index contributed by atoms with van der Waals surface area (Å²) in [7, 11) is 0. The van der Waals surface area contributed by atoms with Gasteiger partial charge in [-0.15, -0.1) is 0 Å². The molecule has 6 aromatic rings. The van der Waals surface area contributed by atoms with E-state index < -0.39 is 6.09 Å². The summed E-state index contributed by atoms with van der Waals surface area (Å²) in [6, 6.07) is 48.7. The van der Waals surface area contributed by atoms with Crippen LogP contribution in [0.2, 0.25) is 0 Å². The zero-order valence-corrected chi connectivity index (χ0v) is 32.9. The summed E-state index contributed by atoms with van der Waals surface area (Å²) in [6.45, 7) is 3.08. The highest BCUT2D eigenvalue weighted by molar-refractivity contribution is 6.01. The van der Waals surface area contributed by atoms with E-state index in [0.29, 0.717) is 69.0 Å². The number of anilines is 3. The van der Waals surface area contributed by atoms with E-state index in [-0.39, 0.29) is 30.1 Å². The van der Waals surface area contributed by atoms with Gasteiger partial charge in [-0.05, 0) is 82.6 Å². The van der Waals surface area contributed by atoms with Crippen LogP contribution in [0.3, 0.4) is 0 Å². The molecule has 0 aromatic heterocycles. The molecular weight excluding hydrogens is 739 g/mol. The van der Waals surface area contributed by atoms with E-state index in [4.69, 9.17) is 4.74 Å². The first-order chi connectivity index (χ1) is 28.9. The molecule has 0 saturated carbocycles. The molecule has 0 unspecified atom stereocenters. The van der Waals surface area contributed by atoms with Crippen LogP contribution in [0.4, 0.5) is 21.9 Å². The fourth-order valence-electron chi connectivity index (χ4n) is 7.35. The second-order valence-corrected chi connectivity index (χ2v) is 14.6. The number of likely N-dealkylation sites (tertiary alicyclic amines) is 1. The molecule has 0 radical (unpaired) electrons. The molecule has 0 atom stereocenters. The minimum Gasteiger partial charge on any atom is -0.508 e. The van der Waals surface area contributed by atoms with Crippen molar-refractivity contribution in [2.75, 3.05) is 42.1 Å². The second-order valence-electron chi connectivity index (χ2n) is 14.6. The first kappa shape index (κ1) is 40.4. The molecule has 1 saturated heterocycles. The van der Waals surface area contributed by atoms with Crippen molar-refractivity contribution in [3.8, 4) is 39.1 Å². The summed E-state index contributed by atoms with van der Waals surface area (Å²) >= 11 is 0. The van der Waals surface area contributed by atoms with Gasteiger partial charge in [0.25, 0.3) is 0 Å². The topological polar surface area (TPSA) is 132 Å². The number of nitrogens with one attached hydrogen (secondary N) is 4. The van der Waals surface area contributed by atoms with Crippen molar-refractivity contribution >= 4 is 35.0 Å². The second kappa shape index (κ2) is 20.1. The number of aromatic hydroxyl groups is 1. The van der Waals surface area contributed by atoms with Crippen LogP contribution in [0.1, 0.15) is 31.2 Å². The van der Waals surface area contributed by atoms with Crippen molar-refractivity contribution in [3.05, 3.63) is 157 Å². The van der Waals surface area contributed by atoms with Gasteiger partial charge < -0.3 is 30.7 Å². The van der Waals surface area contributed by atoms with Crippen molar-refractivity contribution in [1.82, 2.24) is 10.2 Å². The smallest absolute Gasteiger partial charge is 0.411 e. The van der Waals surface area contributed by atoms with E-state index in [1.807, 2.05) is 72.8 Å². The lowest BCUT2D eigenvalue weighted by atomic mass is 9.88. The van der Waals surface area contributed by atoms with Gasteiger partial charge in [-0.2, -0.15) is 0 Å². The molecule has 1 heterocycles. The van der Waals surface area contributed by atoms with E-state index in [9.17, 15) is 19.5 Å². The maximum atomic E-state index is 13.5. The quantitative estimate of drug-likeness (QED) is 0.0656. The number of carbonyl (C=O) groups excluding carboxylic acids is 3. The molecule has 0 bridgehead atoms. The highest BCUT2D eigenvalue weighted by atomic mass is 16.6. The van der Waals surface area contributed by atoms with E-state index in [0.717, 1.165) is 38.9 Å². The molecule has 0 spiro atoms. The number of benzene rings is 6. The Hall–Kier alpha value is -6.75. The lowest BCUT2D eigenvalue weighted by molar-refractivity contribution is -0.117. The number of ether oxygens (including phenoxy) is 1. The fourth-order valence-corrected chi connectivity index (χ4v) is 7.35. The summed E-state index contributed by atoms with van der Waals surface area (Å²) in [5, 5.41) is 21.6. The summed E-state index contributed by atoms with van der Waals surface area (Å²) in [5.41, 5.74) is 9.04. The Bertz CT molecular complexity index is 2330. The van der Waals surface area contributed by atoms with Crippen LogP contribution in [0.5, 0.6) is 5.75 Å². The monoisotopic (exact) mass is 787 g/mol. The molecule has 10 nitrogen and oxygen atoms in total. The molecular formula is C49H49N5O5. The maximum Gasteiger partial charge on any atom is 0.411 e. The minimum absolute atomic E-state index is 0.118. The molecule has 1 aliphatic rings.